The number of hydrogen-bond acceptors (Lipinski definition) is 25. The highest BCUT2D eigenvalue weighted by molar-refractivity contribution is 7.98. The number of phenolic OH excluding ortho intramolecular Hbond substituents is 1. The van der Waals surface area contributed by atoms with E-state index < -0.39 is 225 Å². The van der Waals surface area contributed by atoms with Gasteiger partial charge in [-0.3, -0.25) is 106 Å². The minimum absolute atomic E-state index is 0.0284. The molecule has 6 rings (SSSR count). The summed E-state index contributed by atoms with van der Waals surface area (Å²) in [7, 11) is 0. The number of amides is 9. The molecule has 0 aromatic heterocycles. The number of unbranched alkanes of at least 4 members (excludes halogenated alkanes) is 1. The molecule has 0 radical (unpaired) electrons. The fourth-order valence-corrected chi connectivity index (χ4v) is 16.2. The maximum absolute atomic E-state index is 15.3. The summed E-state index contributed by atoms with van der Waals surface area (Å²) in [6.45, 7) is 3.36. The van der Waals surface area contributed by atoms with Crippen molar-refractivity contribution in [3.8, 4) is 5.75 Å². The van der Waals surface area contributed by atoms with E-state index in [1.807, 2.05) is 20.1 Å². The van der Waals surface area contributed by atoms with Gasteiger partial charge in [-0.2, -0.15) is 11.8 Å². The number of primary amides is 2. The van der Waals surface area contributed by atoms with Crippen LogP contribution in [0.25, 0.3) is 0 Å². The molecule has 696 valence electrons. The first-order valence-electron chi connectivity index (χ1n) is 42.4. The van der Waals surface area contributed by atoms with Crippen LogP contribution in [-0.2, 0) is 106 Å². The molecule has 3 aromatic carbocycles. The van der Waals surface area contributed by atoms with Crippen LogP contribution in [0.5, 0.6) is 5.75 Å². The molecule has 0 saturated carbocycles. The molecular weight excluding hydrogens is 1690 g/mol. The number of ketones is 4. The average Bonchev–Trinajstić information content (AvgIpc) is 1.63. The van der Waals surface area contributed by atoms with E-state index in [4.69, 9.17) is 23.7 Å². The standard InChI is InChI=1S/C86H121N15O24S2/c1-51(2)35-57(83(123)93-64(79(88)119)25-34-127-4)40-62(103)45-90-81(121)58(37-54-17-21-61(102)22-18-54)42-71(106)65(39-53-11-6-5-7-12-53)94-82(122)56(41-70(105)66(43-72(87)107)95-84(124)68-14-10-27-101(68)85(125)67(44-74(109)110)96-80(120)52(3)36-69(104)63-23-24-73(108)92-63)13-8-9-26-89-86(126)91-59-19-15-55(16-20-59)38-60-46-99(49-77(115)116)31-30-97(47-75(111)112)28-29-98(48-76(113)114)32-33-100(60)50-78(117)118/h5-7,11-12,15-22,51-52,56-58,60,63-68,102H,8-10,13-14,23-50H2,1-4H3,(H2,87,107)(H2,88,119)(H,90,121)(H,92,108)(H,93,123)(H,94,122)(H,95,124)(H,96,120)(H,109,110)(H,111,112)(H,113,114)(H,115,116)(H,117,118)(H2,89,91,126)/t52-,56-,57-,58-,60?,63+,64+,65+,66+,67?,68+/m1/s1. The summed E-state index contributed by atoms with van der Waals surface area (Å²) in [5.41, 5.74) is 13.6. The van der Waals surface area contributed by atoms with Gasteiger partial charge in [0.25, 0.3) is 0 Å². The molecule has 11 atom stereocenters. The van der Waals surface area contributed by atoms with Crippen molar-refractivity contribution in [3.05, 3.63) is 95.6 Å². The van der Waals surface area contributed by atoms with Crippen molar-refractivity contribution in [2.24, 2.45) is 41.1 Å². The van der Waals surface area contributed by atoms with Gasteiger partial charge in [0.2, 0.25) is 53.2 Å². The lowest BCUT2D eigenvalue weighted by Crippen LogP contribution is -2.56. The number of Topliss-reactive ketones (excluding diaryl/α,β-unsaturated/α-hetero) is 4. The van der Waals surface area contributed by atoms with Crippen molar-refractivity contribution in [2.75, 3.05) is 109 Å². The SMILES string of the molecule is CSCC[C@H](NC(=O)[C@@H](CC(=O)CNC(=O)[C@@H](CC(=O)[C@H](Cc1ccccc1)NC(=O)[C@H](CCCCNC(=S)Nc1ccc(CC2CN(CC(=O)O)CCN(CC(=O)O)CCN(CC(=O)O)CCN2CC(=O)O)cc1)CC(=O)[C@H](CC(N)=O)NC(=O)[C@@H]1CCCN1C(=O)C(CC(=O)O)NC(=O)[C@H](C)CC(=O)[C@@H]1CCC(=O)N1)Cc1ccc(O)cc1)CC(C)C)C(N)=O. The molecule has 9 amide bonds. The summed E-state index contributed by atoms with van der Waals surface area (Å²) >= 11 is 7.15. The third-order valence-corrected chi connectivity index (χ3v) is 23.1. The molecule has 0 aliphatic carbocycles. The molecular formula is C86H121N15O24S2. The monoisotopic (exact) mass is 1810 g/mol. The number of carbonyl (C=O) groups is 18. The van der Waals surface area contributed by atoms with Gasteiger partial charge >= 0.3 is 29.8 Å². The number of benzene rings is 3. The van der Waals surface area contributed by atoms with Crippen molar-refractivity contribution in [3.63, 3.8) is 0 Å². The Kier molecular flexibility index (Phi) is 43.8. The van der Waals surface area contributed by atoms with Gasteiger partial charge in [-0.1, -0.05) is 81.8 Å². The van der Waals surface area contributed by atoms with Gasteiger partial charge < -0.3 is 89.5 Å². The molecule has 3 aromatic rings. The number of carbonyl (C=O) groups excluding carboxylic acids is 13. The molecule has 18 N–H and O–H groups in total. The number of hydrogen-bond donors (Lipinski definition) is 16. The lowest BCUT2D eigenvalue weighted by molar-refractivity contribution is -0.146. The molecule has 39 nitrogen and oxygen atoms in total. The Morgan fingerprint density at radius 2 is 1.13 bits per heavy atom. The number of thioether (sulfide) groups is 1. The van der Waals surface area contributed by atoms with Crippen molar-refractivity contribution >= 4 is 141 Å². The van der Waals surface area contributed by atoms with Gasteiger partial charge in [-0.25, -0.2) is 0 Å². The first-order chi connectivity index (χ1) is 60.2. The summed E-state index contributed by atoms with van der Waals surface area (Å²) in [5.74, 6) is -20.4. The Labute approximate surface area is 745 Å². The smallest absolute Gasteiger partial charge is 0.317 e. The summed E-state index contributed by atoms with van der Waals surface area (Å²) in [6.07, 6.45) is -0.932. The zero-order valence-electron chi connectivity index (χ0n) is 72.0. The second-order valence-electron chi connectivity index (χ2n) is 33.0. The zero-order chi connectivity index (χ0) is 93.6. The lowest BCUT2D eigenvalue weighted by Gasteiger charge is -2.37. The summed E-state index contributed by atoms with van der Waals surface area (Å²) < 4.78 is 0. The zero-order valence-corrected chi connectivity index (χ0v) is 73.6. The molecule has 3 heterocycles. The van der Waals surface area contributed by atoms with Crippen LogP contribution >= 0.6 is 24.0 Å². The van der Waals surface area contributed by atoms with Crippen LogP contribution in [0.2, 0.25) is 0 Å². The van der Waals surface area contributed by atoms with Crippen LogP contribution < -0.4 is 54.0 Å². The number of anilines is 1. The van der Waals surface area contributed by atoms with Gasteiger partial charge in [0.1, 0.15) is 23.9 Å². The van der Waals surface area contributed by atoms with Crippen molar-refractivity contribution < 1.29 is 117 Å². The predicted octanol–water partition coefficient (Wildman–Crippen LogP) is 0.0865. The fourth-order valence-electron chi connectivity index (χ4n) is 15.5. The first kappa shape index (κ1) is 104. The summed E-state index contributed by atoms with van der Waals surface area (Å²) in [4.78, 5) is 248. The molecule has 0 spiro atoms. The van der Waals surface area contributed by atoms with Gasteiger partial charge in [0.05, 0.1) is 63.7 Å². The number of aliphatic carboxylic acids is 5. The highest BCUT2D eigenvalue weighted by atomic mass is 32.2. The van der Waals surface area contributed by atoms with Crippen LogP contribution in [0.1, 0.15) is 134 Å². The largest absolute Gasteiger partial charge is 0.508 e. The second-order valence-corrected chi connectivity index (χ2v) is 34.4. The number of nitrogens with zero attached hydrogens (tertiary/aromatic N) is 5. The van der Waals surface area contributed by atoms with E-state index in [1.165, 1.54) is 43.0 Å². The van der Waals surface area contributed by atoms with Crippen LogP contribution in [0.15, 0.2) is 78.9 Å². The van der Waals surface area contributed by atoms with Gasteiger partial charge in [0, 0.05) is 126 Å². The number of phenols is 1. The van der Waals surface area contributed by atoms with Gasteiger partial charge in [0.15, 0.2) is 28.2 Å². The second kappa shape index (κ2) is 53.3. The Bertz CT molecular complexity index is 4340. The summed E-state index contributed by atoms with van der Waals surface area (Å²) in [6, 6.07) is 12.2. The first-order valence-corrected chi connectivity index (χ1v) is 44.2. The number of nitrogens with two attached hydrogens (primary N) is 2. The van der Waals surface area contributed by atoms with Gasteiger partial charge in [-0.05, 0) is 135 Å². The van der Waals surface area contributed by atoms with E-state index in [0.29, 0.717) is 28.1 Å². The van der Waals surface area contributed by atoms with Crippen LogP contribution in [-0.4, -0.2) is 312 Å². The molecule has 127 heavy (non-hydrogen) atoms. The molecule has 2 unspecified atom stereocenters. The molecule has 3 aliphatic rings. The predicted molar refractivity (Wildman–Crippen MR) is 468 cm³/mol. The maximum Gasteiger partial charge on any atom is 0.317 e. The van der Waals surface area contributed by atoms with Crippen LogP contribution in [0.4, 0.5) is 5.69 Å². The van der Waals surface area contributed by atoms with E-state index in [-0.39, 0.29) is 171 Å². The minimum Gasteiger partial charge on any atom is -0.508 e. The molecule has 3 fully saturated rings. The van der Waals surface area contributed by atoms with E-state index in [9.17, 15) is 103 Å². The molecule has 41 heteroatoms. The Morgan fingerprint density at radius 1 is 0.551 bits per heavy atom. The fraction of sp³-hybridized carbons (Fsp3) is 0.570. The normalized spacial score (nSPS) is 17.9. The Morgan fingerprint density at radius 3 is 1.72 bits per heavy atom. The number of carboxylic acid groups (broad SMARTS) is 5. The van der Waals surface area contributed by atoms with E-state index in [2.05, 4.69) is 42.5 Å². The third kappa shape index (κ3) is 38.0. The van der Waals surface area contributed by atoms with Crippen molar-refractivity contribution in [1.82, 2.24) is 61.7 Å². The highest BCUT2D eigenvalue weighted by Gasteiger charge is 2.42. The van der Waals surface area contributed by atoms with Crippen molar-refractivity contribution in [2.45, 2.75) is 179 Å². The number of aromatic hydroxyl groups is 1. The quantitative estimate of drug-likeness (QED) is 0.0263. The Hall–Kier alpha value is -11.4. The number of nitrogens with one attached hydrogen (secondary N) is 8. The van der Waals surface area contributed by atoms with E-state index >= 15 is 14.4 Å². The topological polar surface area (TPSA) is 593 Å². The van der Waals surface area contributed by atoms with Crippen LogP contribution in [0, 0.1) is 29.6 Å². The van der Waals surface area contributed by atoms with Crippen LogP contribution in [0.3, 0.4) is 0 Å². The maximum atomic E-state index is 15.3. The Balaban J connectivity index is 1.26. The number of rotatable bonds is 53. The summed E-state index contributed by atoms with van der Waals surface area (Å²) in [5, 5.41) is 81.6. The van der Waals surface area contributed by atoms with Crippen molar-refractivity contribution in [1.29, 1.82) is 0 Å². The lowest BCUT2D eigenvalue weighted by atomic mass is 9.88. The highest BCUT2D eigenvalue weighted by Crippen LogP contribution is 2.26. The van der Waals surface area contributed by atoms with Gasteiger partial charge in [-0.15, -0.1) is 0 Å². The third-order valence-electron chi connectivity index (χ3n) is 22.2. The number of carboxylic acids is 5. The number of likely N-dealkylation sites (tertiary alicyclic amines) is 1. The minimum atomic E-state index is -1.77. The molecule has 0 bridgehead atoms. The van der Waals surface area contributed by atoms with E-state index in [0.717, 1.165) is 4.90 Å². The molecule has 3 aliphatic heterocycles. The van der Waals surface area contributed by atoms with E-state index in [1.54, 1.807) is 74.2 Å². The molecule has 3 saturated heterocycles. The average molecular weight is 1810 g/mol. The number of thiocarbonyl (C=S) groups is 1.